The molecule has 7 heteroatoms. The lowest BCUT2D eigenvalue weighted by Crippen LogP contribution is -2.41. The maximum absolute atomic E-state index is 13.6. The van der Waals surface area contributed by atoms with Gasteiger partial charge >= 0.3 is 5.97 Å². The highest BCUT2D eigenvalue weighted by Gasteiger charge is 2.41. The predicted octanol–water partition coefficient (Wildman–Crippen LogP) is 0.614. The van der Waals surface area contributed by atoms with Crippen molar-refractivity contribution < 1.29 is 14.3 Å². The van der Waals surface area contributed by atoms with Crippen molar-refractivity contribution in [2.75, 3.05) is 0 Å². The fourth-order valence-electron chi connectivity index (χ4n) is 1.89. The van der Waals surface area contributed by atoms with Crippen LogP contribution < -0.4 is 16.6 Å². The lowest BCUT2D eigenvalue weighted by atomic mass is 9.93. The number of carboxylic acids is 1. The molecule has 0 amide bonds. The number of hydrazine groups is 1. The van der Waals surface area contributed by atoms with E-state index in [1.165, 1.54) is 18.2 Å². The molecule has 0 aromatic heterocycles. The quantitative estimate of drug-likeness (QED) is 0.625. The first-order valence-corrected chi connectivity index (χ1v) is 5.33. The predicted molar refractivity (Wildman–Crippen MR) is 59.5 cm³/mol. The number of benzene rings is 1. The molecule has 0 bridgehead atoms. The molecule has 1 aliphatic rings. The van der Waals surface area contributed by atoms with E-state index in [9.17, 15) is 9.18 Å². The third kappa shape index (κ3) is 2.25. The third-order valence-electron chi connectivity index (χ3n) is 2.73. The molecule has 92 valence electrons. The van der Waals surface area contributed by atoms with Crippen molar-refractivity contribution in [3.8, 4) is 0 Å². The molecule has 2 rings (SSSR count). The Hall–Kier alpha value is -1.21. The maximum Gasteiger partial charge on any atom is 0.311 e. The maximum atomic E-state index is 13.6. The van der Waals surface area contributed by atoms with Crippen molar-refractivity contribution in [3.63, 3.8) is 0 Å². The summed E-state index contributed by atoms with van der Waals surface area (Å²) in [4.78, 5) is 11.1. The van der Waals surface area contributed by atoms with Gasteiger partial charge in [0.15, 0.2) is 0 Å². The van der Waals surface area contributed by atoms with Crippen LogP contribution in [-0.2, 0) is 4.79 Å². The number of carbonyl (C=O) groups is 1. The summed E-state index contributed by atoms with van der Waals surface area (Å²) in [5, 5.41) is 9.40. The molecule has 0 aliphatic carbocycles. The van der Waals surface area contributed by atoms with E-state index < -0.39 is 29.9 Å². The van der Waals surface area contributed by atoms with Crippen molar-refractivity contribution in [2.24, 2.45) is 11.7 Å². The Labute approximate surface area is 102 Å². The first-order valence-electron chi connectivity index (χ1n) is 4.95. The molecule has 3 unspecified atom stereocenters. The molecule has 0 spiro atoms. The average molecular weight is 260 g/mol. The van der Waals surface area contributed by atoms with Gasteiger partial charge in [0.2, 0.25) is 0 Å². The van der Waals surface area contributed by atoms with Gasteiger partial charge in [-0.05, 0) is 18.2 Å². The standard InChI is InChI=1S/C10H11ClFN3O2/c11-4-1-2-6(12)5(3-4)8-7(10(16)17)9(13)15-14-8/h1-3,7-9,14-15H,13H2,(H,16,17). The average Bonchev–Trinajstić information content (AvgIpc) is 2.64. The summed E-state index contributed by atoms with van der Waals surface area (Å²) in [5.41, 5.74) is 11.0. The van der Waals surface area contributed by atoms with Gasteiger partial charge in [-0.1, -0.05) is 11.6 Å². The fraction of sp³-hybridized carbons (Fsp3) is 0.300. The molecule has 5 nitrogen and oxygen atoms in total. The van der Waals surface area contributed by atoms with Gasteiger partial charge in [0, 0.05) is 10.6 Å². The lowest BCUT2D eigenvalue weighted by molar-refractivity contribution is -0.142. The van der Waals surface area contributed by atoms with Crippen LogP contribution in [0.5, 0.6) is 0 Å². The smallest absolute Gasteiger partial charge is 0.311 e. The highest BCUT2D eigenvalue weighted by molar-refractivity contribution is 6.30. The Morgan fingerprint density at radius 1 is 1.47 bits per heavy atom. The van der Waals surface area contributed by atoms with Crippen molar-refractivity contribution >= 4 is 17.6 Å². The SMILES string of the molecule is NC1NNC(c2cc(Cl)ccc2F)C1C(=O)O. The minimum atomic E-state index is -1.10. The van der Waals surface area contributed by atoms with Gasteiger partial charge in [-0.25, -0.2) is 15.2 Å². The van der Waals surface area contributed by atoms with Crippen molar-refractivity contribution in [1.82, 2.24) is 10.9 Å². The van der Waals surface area contributed by atoms with E-state index in [4.69, 9.17) is 22.4 Å². The van der Waals surface area contributed by atoms with E-state index in [0.717, 1.165) is 0 Å². The number of aliphatic carboxylic acids is 1. The van der Waals surface area contributed by atoms with Crippen LogP contribution in [-0.4, -0.2) is 17.2 Å². The van der Waals surface area contributed by atoms with Crippen LogP contribution in [0.15, 0.2) is 18.2 Å². The van der Waals surface area contributed by atoms with Crippen LogP contribution in [0.25, 0.3) is 0 Å². The zero-order valence-electron chi connectivity index (χ0n) is 8.65. The fourth-order valence-corrected chi connectivity index (χ4v) is 2.07. The number of nitrogens with one attached hydrogen (secondary N) is 2. The minimum Gasteiger partial charge on any atom is -0.481 e. The summed E-state index contributed by atoms with van der Waals surface area (Å²) in [7, 11) is 0. The number of halogens is 2. The van der Waals surface area contributed by atoms with Crippen LogP contribution in [0, 0.1) is 11.7 Å². The molecule has 1 aliphatic heterocycles. The van der Waals surface area contributed by atoms with Gasteiger partial charge in [0.1, 0.15) is 11.7 Å². The van der Waals surface area contributed by atoms with Gasteiger partial charge in [0.05, 0.1) is 12.2 Å². The molecule has 5 N–H and O–H groups in total. The number of hydrogen-bond acceptors (Lipinski definition) is 4. The van der Waals surface area contributed by atoms with E-state index in [2.05, 4.69) is 10.9 Å². The Morgan fingerprint density at radius 2 is 2.18 bits per heavy atom. The topological polar surface area (TPSA) is 87.4 Å². The molecule has 0 radical (unpaired) electrons. The number of hydrogen-bond donors (Lipinski definition) is 4. The van der Waals surface area contributed by atoms with Crippen LogP contribution in [0.3, 0.4) is 0 Å². The second-order valence-corrected chi connectivity index (χ2v) is 4.26. The first kappa shape index (κ1) is 12.3. The van der Waals surface area contributed by atoms with Crippen molar-refractivity contribution in [1.29, 1.82) is 0 Å². The van der Waals surface area contributed by atoms with Gasteiger partial charge in [0.25, 0.3) is 0 Å². The van der Waals surface area contributed by atoms with E-state index >= 15 is 0 Å². The van der Waals surface area contributed by atoms with Gasteiger partial charge in [-0.2, -0.15) is 0 Å². The second-order valence-electron chi connectivity index (χ2n) is 3.82. The normalized spacial score (nSPS) is 28.3. The Morgan fingerprint density at radius 3 is 2.82 bits per heavy atom. The zero-order valence-corrected chi connectivity index (χ0v) is 9.41. The summed E-state index contributed by atoms with van der Waals surface area (Å²) >= 11 is 5.77. The molecule has 1 heterocycles. The number of nitrogens with two attached hydrogens (primary N) is 1. The molecule has 3 atom stereocenters. The summed E-state index contributed by atoms with van der Waals surface area (Å²) in [6, 6.07) is 3.24. The Balaban J connectivity index is 2.39. The summed E-state index contributed by atoms with van der Waals surface area (Å²) in [5.74, 6) is -2.57. The number of rotatable bonds is 2. The molecule has 1 saturated heterocycles. The zero-order chi connectivity index (χ0) is 12.6. The Bertz CT molecular complexity index is 457. The summed E-state index contributed by atoms with van der Waals surface area (Å²) in [6.45, 7) is 0. The molecule has 0 saturated carbocycles. The van der Waals surface area contributed by atoms with Gasteiger partial charge < -0.3 is 10.8 Å². The van der Waals surface area contributed by atoms with Crippen LogP contribution in [0.2, 0.25) is 5.02 Å². The van der Waals surface area contributed by atoms with Crippen molar-refractivity contribution in [2.45, 2.75) is 12.2 Å². The Kier molecular flexibility index (Phi) is 3.30. The molecule has 1 fully saturated rings. The van der Waals surface area contributed by atoms with Crippen LogP contribution >= 0.6 is 11.6 Å². The highest BCUT2D eigenvalue weighted by atomic mass is 35.5. The van der Waals surface area contributed by atoms with E-state index in [-0.39, 0.29) is 5.56 Å². The highest BCUT2D eigenvalue weighted by Crippen LogP contribution is 2.30. The molecule has 1 aromatic carbocycles. The van der Waals surface area contributed by atoms with Gasteiger partial charge in [-0.3, -0.25) is 4.79 Å². The molecular formula is C10H11ClFN3O2. The lowest BCUT2D eigenvalue weighted by Gasteiger charge is -2.17. The molecule has 1 aromatic rings. The van der Waals surface area contributed by atoms with E-state index in [0.29, 0.717) is 5.02 Å². The molecule has 17 heavy (non-hydrogen) atoms. The monoisotopic (exact) mass is 259 g/mol. The second kappa shape index (κ2) is 4.58. The number of carboxylic acid groups (broad SMARTS) is 1. The largest absolute Gasteiger partial charge is 0.481 e. The van der Waals surface area contributed by atoms with Gasteiger partial charge in [-0.15, -0.1) is 0 Å². The van der Waals surface area contributed by atoms with E-state index in [1.54, 1.807) is 0 Å². The summed E-state index contributed by atoms with van der Waals surface area (Å²) in [6.07, 6.45) is -0.782. The van der Waals surface area contributed by atoms with Crippen LogP contribution in [0.1, 0.15) is 11.6 Å². The first-order chi connectivity index (χ1) is 8.00. The van der Waals surface area contributed by atoms with Crippen LogP contribution in [0.4, 0.5) is 4.39 Å². The van der Waals surface area contributed by atoms with Crippen molar-refractivity contribution in [3.05, 3.63) is 34.6 Å². The molecular weight excluding hydrogens is 249 g/mol. The minimum absolute atomic E-state index is 0.186. The summed E-state index contributed by atoms with van der Waals surface area (Å²) < 4.78 is 13.6. The van der Waals surface area contributed by atoms with E-state index in [1.807, 2.05) is 0 Å². The third-order valence-corrected chi connectivity index (χ3v) is 2.96.